The molecule has 0 heterocycles. The molecule has 2 N–H and O–H groups in total. The second-order valence-electron chi connectivity index (χ2n) is 5.62. The first-order valence-corrected chi connectivity index (χ1v) is 7.95. The van der Waals surface area contributed by atoms with Gasteiger partial charge in [0.25, 0.3) is 5.91 Å². The van der Waals surface area contributed by atoms with Crippen LogP contribution in [0.4, 0.5) is 0 Å². The van der Waals surface area contributed by atoms with Crippen LogP contribution >= 0.6 is 0 Å². The van der Waals surface area contributed by atoms with E-state index in [-0.39, 0.29) is 5.91 Å². The van der Waals surface area contributed by atoms with Crippen molar-refractivity contribution in [2.45, 2.75) is 51.6 Å². The Morgan fingerprint density at radius 2 is 1.81 bits per heavy atom. The lowest BCUT2D eigenvalue weighted by atomic mass is 9.90. The Morgan fingerprint density at radius 1 is 1.19 bits per heavy atom. The van der Waals surface area contributed by atoms with Gasteiger partial charge in [-0.05, 0) is 63.8 Å². The minimum absolute atomic E-state index is 0.112. The molecular weight excluding hydrogens is 264 g/mol. The molecule has 0 unspecified atom stereocenters. The van der Waals surface area contributed by atoms with Crippen LogP contribution in [0.2, 0.25) is 0 Å². The Kier molecular flexibility index (Phi) is 5.62. The fourth-order valence-corrected chi connectivity index (χ4v) is 3.01. The van der Waals surface area contributed by atoms with Crippen LogP contribution in [-0.4, -0.2) is 36.0 Å². The van der Waals surface area contributed by atoms with E-state index in [1.54, 1.807) is 0 Å². The molecule has 4 nitrogen and oxygen atoms in total. The van der Waals surface area contributed by atoms with Crippen molar-refractivity contribution in [2.75, 3.05) is 13.2 Å². The highest BCUT2D eigenvalue weighted by Gasteiger charge is 2.27. The summed E-state index contributed by atoms with van der Waals surface area (Å²) in [7, 11) is 0. The second-order valence-corrected chi connectivity index (χ2v) is 5.62. The van der Waals surface area contributed by atoms with Crippen molar-refractivity contribution in [3.63, 3.8) is 0 Å². The van der Waals surface area contributed by atoms with Gasteiger partial charge in [0, 0.05) is 24.2 Å². The monoisotopic (exact) mass is 290 g/mol. The number of rotatable bonds is 5. The summed E-state index contributed by atoms with van der Waals surface area (Å²) in [6.45, 7) is 5.37. The predicted molar refractivity (Wildman–Crippen MR) is 84.6 cm³/mol. The summed E-state index contributed by atoms with van der Waals surface area (Å²) in [5.41, 5.74) is 6.69. The van der Waals surface area contributed by atoms with Crippen LogP contribution in [0, 0.1) is 0 Å². The Morgan fingerprint density at radius 3 is 2.33 bits per heavy atom. The van der Waals surface area contributed by atoms with Gasteiger partial charge in [0.2, 0.25) is 0 Å². The van der Waals surface area contributed by atoms with E-state index in [4.69, 9.17) is 10.5 Å². The average molecular weight is 290 g/mol. The van der Waals surface area contributed by atoms with Crippen molar-refractivity contribution in [3.05, 3.63) is 29.8 Å². The van der Waals surface area contributed by atoms with Gasteiger partial charge in [-0.1, -0.05) is 0 Å². The minimum atomic E-state index is 0.112. The summed E-state index contributed by atoms with van der Waals surface area (Å²) in [6.07, 6.45) is 4.05. The van der Waals surface area contributed by atoms with Crippen LogP contribution in [0.3, 0.4) is 0 Å². The van der Waals surface area contributed by atoms with Gasteiger partial charge in [-0.15, -0.1) is 0 Å². The molecule has 0 atom stereocenters. The lowest BCUT2D eigenvalue weighted by molar-refractivity contribution is 0.0640. The highest BCUT2D eigenvalue weighted by molar-refractivity contribution is 5.94. The Hall–Kier alpha value is -1.55. The molecule has 1 aliphatic rings. The lowest BCUT2D eigenvalue weighted by Gasteiger charge is -2.35. The van der Waals surface area contributed by atoms with E-state index in [1.807, 2.05) is 43.0 Å². The van der Waals surface area contributed by atoms with Gasteiger partial charge in [-0.2, -0.15) is 0 Å². The Labute approximate surface area is 127 Å². The topological polar surface area (TPSA) is 55.6 Å². The maximum absolute atomic E-state index is 12.7. The van der Waals surface area contributed by atoms with Gasteiger partial charge in [-0.3, -0.25) is 4.79 Å². The molecular formula is C17H26N2O2. The molecule has 21 heavy (non-hydrogen) atoms. The summed E-state index contributed by atoms with van der Waals surface area (Å²) in [5.74, 6) is 0.918. The fraction of sp³-hybridized carbons (Fsp3) is 0.588. The maximum atomic E-state index is 12.7. The summed E-state index contributed by atoms with van der Waals surface area (Å²) >= 11 is 0. The molecule has 1 saturated carbocycles. The van der Waals surface area contributed by atoms with Crippen molar-refractivity contribution in [1.82, 2.24) is 4.90 Å². The van der Waals surface area contributed by atoms with Gasteiger partial charge >= 0.3 is 0 Å². The van der Waals surface area contributed by atoms with Crippen molar-refractivity contribution in [3.8, 4) is 5.75 Å². The third-order valence-electron chi connectivity index (χ3n) is 4.20. The minimum Gasteiger partial charge on any atom is -0.494 e. The highest BCUT2D eigenvalue weighted by Crippen LogP contribution is 2.24. The summed E-state index contributed by atoms with van der Waals surface area (Å²) in [4.78, 5) is 14.7. The third kappa shape index (κ3) is 3.97. The first-order chi connectivity index (χ1) is 10.2. The molecule has 1 amide bonds. The molecule has 1 aromatic carbocycles. The first kappa shape index (κ1) is 15.8. The molecule has 0 aromatic heterocycles. The van der Waals surface area contributed by atoms with Gasteiger partial charge in [0.1, 0.15) is 5.75 Å². The van der Waals surface area contributed by atoms with Crippen LogP contribution in [0.5, 0.6) is 5.75 Å². The number of carbonyl (C=O) groups is 1. The van der Waals surface area contributed by atoms with E-state index in [0.29, 0.717) is 18.7 Å². The van der Waals surface area contributed by atoms with E-state index < -0.39 is 0 Å². The van der Waals surface area contributed by atoms with E-state index in [9.17, 15) is 4.79 Å². The van der Waals surface area contributed by atoms with Crippen molar-refractivity contribution in [1.29, 1.82) is 0 Å². The number of hydrogen-bond acceptors (Lipinski definition) is 3. The number of amides is 1. The molecule has 1 fully saturated rings. The molecule has 0 saturated heterocycles. The zero-order valence-electron chi connectivity index (χ0n) is 13.0. The maximum Gasteiger partial charge on any atom is 0.254 e. The molecule has 0 radical (unpaired) electrons. The largest absolute Gasteiger partial charge is 0.494 e. The van der Waals surface area contributed by atoms with Gasteiger partial charge in [0.15, 0.2) is 0 Å². The average Bonchev–Trinajstić information content (AvgIpc) is 2.51. The molecule has 4 heteroatoms. The summed E-state index contributed by atoms with van der Waals surface area (Å²) in [6, 6.07) is 8.06. The Bertz CT molecular complexity index is 450. The quantitative estimate of drug-likeness (QED) is 0.907. The van der Waals surface area contributed by atoms with Crippen LogP contribution in [0.25, 0.3) is 0 Å². The molecule has 0 aliphatic heterocycles. The van der Waals surface area contributed by atoms with Gasteiger partial charge in [0.05, 0.1) is 6.61 Å². The van der Waals surface area contributed by atoms with Crippen molar-refractivity contribution in [2.24, 2.45) is 5.73 Å². The summed E-state index contributed by atoms with van der Waals surface area (Å²) < 4.78 is 5.42. The number of carbonyl (C=O) groups excluding carboxylic acids is 1. The van der Waals surface area contributed by atoms with Crippen molar-refractivity contribution < 1.29 is 9.53 Å². The lowest BCUT2D eigenvalue weighted by Crippen LogP contribution is -2.44. The zero-order chi connectivity index (χ0) is 15.2. The van der Waals surface area contributed by atoms with Gasteiger partial charge < -0.3 is 15.4 Å². The SMILES string of the molecule is CCOc1ccc(C(=O)N(CC)C2CCC(N)CC2)cc1. The molecule has 116 valence electrons. The normalized spacial score (nSPS) is 21.9. The van der Waals surface area contributed by atoms with E-state index in [0.717, 1.165) is 43.5 Å². The molecule has 0 spiro atoms. The molecule has 1 aliphatic carbocycles. The number of nitrogens with zero attached hydrogens (tertiary/aromatic N) is 1. The standard InChI is InChI=1S/C17H26N2O2/c1-3-19(15-9-7-14(18)8-10-15)17(20)13-5-11-16(12-6-13)21-4-2/h5-6,11-12,14-15H,3-4,7-10,18H2,1-2H3. The predicted octanol–water partition coefficient (Wildman–Crippen LogP) is 2.82. The number of hydrogen-bond donors (Lipinski definition) is 1. The third-order valence-corrected chi connectivity index (χ3v) is 4.20. The van der Waals surface area contributed by atoms with E-state index in [2.05, 4.69) is 0 Å². The van der Waals surface area contributed by atoms with Crippen LogP contribution in [0.1, 0.15) is 49.9 Å². The number of nitrogens with two attached hydrogens (primary N) is 1. The highest BCUT2D eigenvalue weighted by atomic mass is 16.5. The van der Waals surface area contributed by atoms with Crippen LogP contribution in [0.15, 0.2) is 24.3 Å². The second kappa shape index (κ2) is 7.46. The molecule has 2 rings (SSSR count). The van der Waals surface area contributed by atoms with Gasteiger partial charge in [-0.25, -0.2) is 0 Å². The number of benzene rings is 1. The summed E-state index contributed by atoms with van der Waals surface area (Å²) in [5, 5.41) is 0. The van der Waals surface area contributed by atoms with Crippen LogP contribution < -0.4 is 10.5 Å². The first-order valence-electron chi connectivity index (χ1n) is 7.95. The Balaban J connectivity index is 2.05. The zero-order valence-corrected chi connectivity index (χ0v) is 13.0. The molecule has 0 bridgehead atoms. The van der Waals surface area contributed by atoms with Crippen molar-refractivity contribution >= 4 is 5.91 Å². The van der Waals surface area contributed by atoms with Crippen LogP contribution in [-0.2, 0) is 0 Å². The smallest absolute Gasteiger partial charge is 0.254 e. The molecule has 1 aromatic rings. The fourth-order valence-electron chi connectivity index (χ4n) is 3.01. The van der Waals surface area contributed by atoms with E-state index >= 15 is 0 Å². The van der Waals surface area contributed by atoms with E-state index in [1.165, 1.54) is 0 Å². The number of ether oxygens (including phenoxy) is 1.